The second-order valence-electron chi connectivity index (χ2n) is 6.98. The van der Waals surface area contributed by atoms with E-state index in [1.54, 1.807) is 0 Å². The largest absolute Gasteiger partial charge is 0.494 e. The minimum Gasteiger partial charge on any atom is -0.494 e. The number of hydrogen-bond donors (Lipinski definition) is 1. The van der Waals surface area contributed by atoms with Crippen LogP contribution in [0.2, 0.25) is 0 Å². The molecule has 0 radical (unpaired) electrons. The zero-order valence-corrected chi connectivity index (χ0v) is 15.6. The summed E-state index contributed by atoms with van der Waals surface area (Å²) in [4.78, 5) is 22.7. The van der Waals surface area contributed by atoms with Crippen molar-refractivity contribution in [2.24, 2.45) is 4.99 Å². The molecule has 0 saturated carbocycles. The molecule has 1 fully saturated rings. The third-order valence-electron chi connectivity index (χ3n) is 5.08. The number of aryl methyl sites for hydroxylation is 1. The van der Waals surface area contributed by atoms with E-state index in [1.807, 2.05) is 42.7 Å². The first-order valence-corrected chi connectivity index (χ1v) is 9.62. The topological polar surface area (TPSA) is 71.7 Å². The minimum absolute atomic E-state index is 0.0382. The third-order valence-corrected chi connectivity index (χ3v) is 5.08. The van der Waals surface area contributed by atoms with Crippen LogP contribution in [0.4, 0.5) is 5.69 Å². The smallest absolute Gasteiger partial charge is 0.249 e. The standard InChI is InChI=1S/C20H25N5O2/c1-2-18-19(26)23-20-22-17-7-6-16(12-15(17)13-25(18)20)27-11-5-3-4-9-24-10-8-21-14-24/h6-8,10,12,14,18H,2-5,9,11,13H2,1H3,(H,22,23,26). The van der Waals surface area contributed by atoms with Crippen molar-refractivity contribution in [1.29, 1.82) is 0 Å². The van der Waals surface area contributed by atoms with Gasteiger partial charge >= 0.3 is 0 Å². The number of guanidine groups is 1. The summed E-state index contributed by atoms with van der Waals surface area (Å²) in [6.07, 6.45) is 9.69. The number of carbonyl (C=O) groups is 1. The molecule has 0 spiro atoms. The molecule has 7 nitrogen and oxygen atoms in total. The van der Waals surface area contributed by atoms with Crippen molar-refractivity contribution < 1.29 is 9.53 Å². The summed E-state index contributed by atoms with van der Waals surface area (Å²) in [6.45, 7) is 4.42. The molecule has 4 rings (SSSR count). The number of imidazole rings is 1. The molecule has 27 heavy (non-hydrogen) atoms. The van der Waals surface area contributed by atoms with Crippen molar-refractivity contribution in [2.75, 3.05) is 6.61 Å². The fraction of sp³-hybridized carbons (Fsp3) is 0.450. The molecule has 142 valence electrons. The summed E-state index contributed by atoms with van der Waals surface area (Å²) in [5.74, 6) is 1.58. The van der Waals surface area contributed by atoms with Crippen LogP contribution in [0.5, 0.6) is 5.75 Å². The number of hydrogen-bond acceptors (Lipinski definition) is 5. The number of rotatable bonds is 8. The molecule has 0 bridgehead atoms. The predicted octanol–water partition coefficient (Wildman–Crippen LogP) is 2.84. The molecular weight excluding hydrogens is 342 g/mol. The average molecular weight is 367 g/mol. The molecule has 1 aromatic heterocycles. The van der Waals surface area contributed by atoms with Crippen LogP contribution in [0.3, 0.4) is 0 Å². The lowest BCUT2D eigenvalue weighted by atomic mass is 10.1. The van der Waals surface area contributed by atoms with Gasteiger partial charge in [-0.25, -0.2) is 9.98 Å². The molecule has 2 aliphatic rings. The highest BCUT2D eigenvalue weighted by molar-refractivity contribution is 6.07. The van der Waals surface area contributed by atoms with E-state index in [2.05, 4.69) is 25.9 Å². The van der Waals surface area contributed by atoms with Crippen LogP contribution in [-0.4, -0.2) is 39.0 Å². The Labute approximate surface area is 159 Å². The van der Waals surface area contributed by atoms with E-state index in [0.29, 0.717) is 19.1 Å². The Morgan fingerprint density at radius 3 is 3.04 bits per heavy atom. The maximum absolute atomic E-state index is 12.0. The lowest BCUT2D eigenvalue weighted by molar-refractivity contribution is -0.121. The monoisotopic (exact) mass is 367 g/mol. The van der Waals surface area contributed by atoms with Crippen molar-refractivity contribution in [1.82, 2.24) is 19.8 Å². The molecule has 1 amide bonds. The molecule has 1 saturated heterocycles. The summed E-state index contributed by atoms with van der Waals surface area (Å²) < 4.78 is 8.02. The predicted molar refractivity (Wildman–Crippen MR) is 103 cm³/mol. The Kier molecular flexibility index (Phi) is 5.09. The van der Waals surface area contributed by atoms with Crippen LogP contribution in [0.1, 0.15) is 38.2 Å². The van der Waals surface area contributed by atoms with Crippen molar-refractivity contribution in [3.05, 3.63) is 42.5 Å². The molecule has 1 unspecified atom stereocenters. The first-order valence-electron chi connectivity index (χ1n) is 9.62. The summed E-state index contributed by atoms with van der Waals surface area (Å²) in [5.41, 5.74) is 2.01. The third kappa shape index (κ3) is 3.82. The number of ether oxygens (including phenoxy) is 1. The zero-order chi connectivity index (χ0) is 18.6. The van der Waals surface area contributed by atoms with Gasteiger partial charge in [-0.2, -0.15) is 0 Å². The van der Waals surface area contributed by atoms with Gasteiger partial charge in [0.15, 0.2) is 0 Å². The molecule has 2 aliphatic heterocycles. The van der Waals surface area contributed by atoms with Crippen LogP contribution in [0.15, 0.2) is 41.9 Å². The van der Waals surface area contributed by atoms with Crippen LogP contribution in [0, 0.1) is 0 Å². The van der Waals surface area contributed by atoms with E-state index in [9.17, 15) is 4.79 Å². The van der Waals surface area contributed by atoms with E-state index in [1.165, 1.54) is 0 Å². The van der Waals surface area contributed by atoms with Crippen molar-refractivity contribution in [2.45, 2.75) is 51.7 Å². The maximum atomic E-state index is 12.0. The fourth-order valence-electron chi connectivity index (χ4n) is 3.60. The molecule has 1 N–H and O–H groups in total. The minimum atomic E-state index is -0.128. The molecule has 0 aliphatic carbocycles. The van der Waals surface area contributed by atoms with Gasteiger partial charge in [0, 0.05) is 31.0 Å². The van der Waals surface area contributed by atoms with Gasteiger partial charge in [0.25, 0.3) is 0 Å². The number of aliphatic imine (C=N–C) groups is 1. The highest BCUT2D eigenvalue weighted by atomic mass is 16.5. The van der Waals surface area contributed by atoms with Gasteiger partial charge in [0.05, 0.1) is 18.6 Å². The van der Waals surface area contributed by atoms with Gasteiger partial charge in [-0.3, -0.25) is 10.1 Å². The van der Waals surface area contributed by atoms with E-state index in [0.717, 1.165) is 49.2 Å². The summed E-state index contributed by atoms with van der Waals surface area (Å²) in [5, 5.41) is 2.88. The Morgan fingerprint density at radius 2 is 2.22 bits per heavy atom. The van der Waals surface area contributed by atoms with Gasteiger partial charge in [0.1, 0.15) is 11.8 Å². The Bertz CT molecular complexity index is 831. The van der Waals surface area contributed by atoms with E-state index in [-0.39, 0.29) is 11.9 Å². The Morgan fingerprint density at radius 1 is 1.30 bits per heavy atom. The molecular formula is C20H25N5O2. The molecule has 1 aromatic carbocycles. The summed E-state index contributed by atoms with van der Waals surface area (Å²) in [7, 11) is 0. The molecule has 7 heteroatoms. The van der Waals surface area contributed by atoms with Crippen molar-refractivity contribution >= 4 is 17.6 Å². The number of amides is 1. The number of aromatic nitrogens is 2. The highest BCUT2D eigenvalue weighted by Crippen LogP contribution is 2.32. The van der Waals surface area contributed by atoms with E-state index >= 15 is 0 Å². The number of nitrogens with zero attached hydrogens (tertiary/aromatic N) is 4. The zero-order valence-electron chi connectivity index (χ0n) is 15.6. The van der Waals surface area contributed by atoms with Crippen LogP contribution < -0.4 is 10.1 Å². The number of unbranched alkanes of at least 4 members (excludes halogenated alkanes) is 2. The number of benzene rings is 1. The number of carbonyl (C=O) groups excluding carboxylic acids is 1. The van der Waals surface area contributed by atoms with Crippen LogP contribution in [0.25, 0.3) is 0 Å². The lowest BCUT2D eigenvalue weighted by Gasteiger charge is -2.27. The number of fused-ring (bicyclic) bond motifs is 2. The fourth-order valence-corrected chi connectivity index (χ4v) is 3.60. The van der Waals surface area contributed by atoms with E-state index in [4.69, 9.17) is 4.74 Å². The SMILES string of the molecule is CCC1C(=O)NC2=Nc3ccc(OCCCCCn4ccnc4)cc3CN21. The molecule has 3 heterocycles. The Hall–Kier alpha value is -2.83. The lowest BCUT2D eigenvalue weighted by Crippen LogP contribution is -2.36. The second-order valence-corrected chi connectivity index (χ2v) is 6.98. The Balaban J connectivity index is 1.28. The van der Waals surface area contributed by atoms with Crippen molar-refractivity contribution in [3.63, 3.8) is 0 Å². The van der Waals surface area contributed by atoms with Crippen molar-refractivity contribution in [3.8, 4) is 5.75 Å². The van der Waals surface area contributed by atoms with Gasteiger partial charge in [-0.15, -0.1) is 0 Å². The summed E-state index contributed by atoms with van der Waals surface area (Å²) in [6, 6.07) is 5.85. The van der Waals surface area contributed by atoms with Gasteiger partial charge in [-0.1, -0.05) is 6.92 Å². The molecule has 1 atom stereocenters. The number of nitrogens with one attached hydrogen (secondary N) is 1. The van der Waals surface area contributed by atoms with Gasteiger partial charge in [0.2, 0.25) is 11.9 Å². The van der Waals surface area contributed by atoms with E-state index < -0.39 is 0 Å². The maximum Gasteiger partial charge on any atom is 0.249 e. The first kappa shape index (κ1) is 17.6. The van der Waals surface area contributed by atoms with Crippen LogP contribution >= 0.6 is 0 Å². The quantitative estimate of drug-likeness (QED) is 0.728. The first-order chi connectivity index (χ1) is 13.2. The highest BCUT2D eigenvalue weighted by Gasteiger charge is 2.37. The average Bonchev–Trinajstić information content (AvgIpc) is 3.29. The second kappa shape index (κ2) is 7.82. The molecule has 2 aromatic rings. The van der Waals surface area contributed by atoms with Gasteiger partial charge in [-0.05, 0) is 43.9 Å². The normalized spacial score (nSPS) is 18.0. The van der Waals surface area contributed by atoms with Gasteiger partial charge < -0.3 is 14.2 Å². The summed E-state index contributed by atoms with van der Waals surface area (Å²) >= 11 is 0. The van der Waals surface area contributed by atoms with Crippen LogP contribution in [-0.2, 0) is 17.9 Å².